The molecule has 0 aromatic carbocycles. The Labute approximate surface area is 74.5 Å². The lowest BCUT2D eigenvalue weighted by Crippen LogP contribution is -2.16. The van der Waals surface area contributed by atoms with Crippen molar-refractivity contribution in [1.29, 1.82) is 0 Å². The van der Waals surface area contributed by atoms with Gasteiger partial charge in [-0.2, -0.15) is 0 Å². The Bertz CT molecular complexity index is 315. The maximum atomic E-state index is 11.3. The molecular weight excluding hydrogens is 169 g/mol. The average Bonchev–Trinajstić information content (AvgIpc) is 2.32. The lowest BCUT2D eigenvalue weighted by atomic mass is 10.1. The molecule has 3 heteroatoms. The SMILES string of the molecule is CNC(=O)c1[pH]c(C)c(C)c1C. The summed E-state index contributed by atoms with van der Waals surface area (Å²) in [5.74, 6) is 0.0713. The molecule has 0 saturated heterocycles. The molecule has 66 valence electrons. The van der Waals surface area contributed by atoms with Crippen LogP contribution in [-0.4, -0.2) is 13.0 Å². The van der Waals surface area contributed by atoms with Crippen molar-refractivity contribution in [2.24, 2.45) is 0 Å². The summed E-state index contributed by atoms with van der Waals surface area (Å²) in [5, 5.41) is 4.95. The first-order valence-corrected chi connectivity index (χ1v) is 4.95. The van der Waals surface area contributed by atoms with Gasteiger partial charge in [0.25, 0.3) is 5.91 Å². The van der Waals surface area contributed by atoms with Crippen LogP contribution in [0.2, 0.25) is 0 Å². The number of nitrogens with one attached hydrogen (secondary N) is 1. The van der Waals surface area contributed by atoms with Crippen molar-refractivity contribution in [2.45, 2.75) is 20.8 Å². The average molecular weight is 183 g/mol. The molecule has 0 aliphatic carbocycles. The maximum Gasteiger partial charge on any atom is 0.255 e. The largest absolute Gasteiger partial charge is 0.355 e. The van der Waals surface area contributed by atoms with E-state index in [1.807, 2.05) is 6.92 Å². The highest BCUT2D eigenvalue weighted by Crippen LogP contribution is 2.30. The van der Waals surface area contributed by atoms with Gasteiger partial charge in [0.2, 0.25) is 0 Å². The maximum absolute atomic E-state index is 11.3. The molecule has 0 aliphatic rings. The van der Waals surface area contributed by atoms with Crippen molar-refractivity contribution < 1.29 is 4.79 Å². The van der Waals surface area contributed by atoms with E-state index in [0.717, 1.165) is 10.9 Å². The van der Waals surface area contributed by atoms with Crippen molar-refractivity contribution >= 4 is 14.1 Å². The predicted molar refractivity (Wildman–Crippen MR) is 53.5 cm³/mol. The highest BCUT2D eigenvalue weighted by Gasteiger charge is 2.12. The molecule has 0 bridgehead atoms. The van der Waals surface area contributed by atoms with Gasteiger partial charge in [0.05, 0.1) is 5.30 Å². The summed E-state index contributed by atoms with van der Waals surface area (Å²) in [7, 11) is 2.25. The number of rotatable bonds is 1. The van der Waals surface area contributed by atoms with E-state index in [-0.39, 0.29) is 5.91 Å². The molecule has 1 atom stereocenters. The van der Waals surface area contributed by atoms with Crippen LogP contribution in [0.15, 0.2) is 0 Å². The highest BCUT2D eigenvalue weighted by atomic mass is 31.0. The fourth-order valence-corrected chi connectivity index (χ4v) is 2.56. The molecule has 1 rings (SSSR count). The van der Waals surface area contributed by atoms with E-state index >= 15 is 0 Å². The second-order valence-corrected chi connectivity index (χ2v) is 4.45. The van der Waals surface area contributed by atoms with Crippen LogP contribution in [0, 0.1) is 20.8 Å². The molecule has 0 spiro atoms. The van der Waals surface area contributed by atoms with Crippen molar-refractivity contribution in [2.75, 3.05) is 7.05 Å². The second-order valence-electron chi connectivity index (χ2n) is 2.95. The summed E-state index contributed by atoms with van der Waals surface area (Å²) in [5.41, 5.74) is 2.44. The third-order valence-electron chi connectivity index (χ3n) is 2.27. The summed E-state index contributed by atoms with van der Waals surface area (Å²) < 4.78 is 0. The summed E-state index contributed by atoms with van der Waals surface area (Å²) in [6.45, 7) is 6.18. The van der Waals surface area contributed by atoms with E-state index < -0.39 is 0 Å². The monoisotopic (exact) mass is 183 g/mol. The van der Waals surface area contributed by atoms with Crippen LogP contribution in [0.5, 0.6) is 0 Å². The Kier molecular flexibility index (Phi) is 2.58. The molecule has 1 heterocycles. The molecular formula is C9H14NOP. The number of aryl methyl sites for hydroxylation is 1. The molecule has 0 radical (unpaired) electrons. The van der Waals surface area contributed by atoms with Crippen LogP contribution in [0.25, 0.3) is 0 Å². The van der Waals surface area contributed by atoms with Gasteiger partial charge >= 0.3 is 0 Å². The molecule has 0 aliphatic heterocycles. The fourth-order valence-electron chi connectivity index (χ4n) is 1.20. The quantitative estimate of drug-likeness (QED) is 0.708. The molecule has 1 aromatic heterocycles. The molecule has 0 fully saturated rings. The zero-order valence-electron chi connectivity index (χ0n) is 7.91. The Hall–Kier alpha value is -0.750. The Morgan fingerprint density at radius 1 is 1.25 bits per heavy atom. The van der Waals surface area contributed by atoms with Crippen molar-refractivity contribution in [3.05, 3.63) is 21.7 Å². The Morgan fingerprint density at radius 3 is 2.17 bits per heavy atom. The lowest BCUT2D eigenvalue weighted by Gasteiger charge is -1.97. The van der Waals surface area contributed by atoms with E-state index in [9.17, 15) is 4.79 Å². The standard InChI is InChI=1S/C9H14NOP/c1-5-6(2)8(9(11)10-4)12-7(5)3/h12H,1-4H3,(H,10,11). The highest BCUT2D eigenvalue weighted by molar-refractivity contribution is 7.33. The van der Waals surface area contributed by atoms with Gasteiger partial charge in [0.1, 0.15) is 0 Å². The van der Waals surface area contributed by atoms with E-state index in [0.29, 0.717) is 8.19 Å². The van der Waals surface area contributed by atoms with E-state index in [1.165, 1.54) is 10.9 Å². The first-order valence-electron chi connectivity index (χ1n) is 3.95. The molecule has 0 saturated carbocycles. The molecule has 1 amide bonds. The van der Waals surface area contributed by atoms with Gasteiger partial charge in [0, 0.05) is 7.05 Å². The van der Waals surface area contributed by atoms with Gasteiger partial charge in [-0.05, 0) is 37.2 Å². The van der Waals surface area contributed by atoms with Crippen LogP contribution in [0.3, 0.4) is 0 Å². The molecule has 12 heavy (non-hydrogen) atoms. The lowest BCUT2D eigenvalue weighted by molar-refractivity contribution is 0.0966. The number of carbonyl (C=O) groups excluding carboxylic acids is 1. The summed E-state index contributed by atoms with van der Waals surface area (Å²) in [6.07, 6.45) is 0. The van der Waals surface area contributed by atoms with Crippen LogP contribution in [0.4, 0.5) is 0 Å². The predicted octanol–water partition coefficient (Wildman–Crippen LogP) is 2.00. The minimum absolute atomic E-state index is 0.0713. The van der Waals surface area contributed by atoms with Crippen molar-refractivity contribution in [3.63, 3.8) is 0 Å². The van der Waals surface area contributed by atoms with Crippen molar-refractivity contribution in [1.82, 2.24) is 5.32 Å². The van der Waals surface area contributed by atoms with Gasteiger partial charge in [-0.1, -0.05) is 0 Å². The first-order chi connectivity index (χ1) is 5.57. The number of amides is 1. The van der Waals surface area contributed by atoms with Crippen LogP contribution >= 0.6 is 8.19 Å². The second kappa shape index (κ2) is 3.32. The minimum Gasteiger partial charge on any atom is -0.355 e. The number of carbonyl (C=O) groups is 1. The van der Waals surface area contributed by atoms with E-state index in [4.69, 9.17) is 0 Å². The third-order valence-corrected chi connectivity index (χ3v) is 3.87. The molecule has 1 unspecified atom stereocenters. The molecule has 2 nitrogen and oxygen atoms in total. The Balaban J connectivity index is 3.17. The van der Waals surface area contributed by atoms with Crippen LogP contribution in [-0.2, 0) is 0 Å². The van der Waals surface area contributed by atoms with Crippen molar-refractivity contribution in [3.8, 4) is 0 Å². The summed E-state index contributed by atoms with van der Waals surface area (Å²) >= 11 is 0. The zero-order chi connectivity index (χ0) is 9.30. The topological polar surface area (TPSA) is 29.1 Å². The number of hydrogen-bond acceptors (Lipinski definition) is 1. The Morgan fingerprint density at radius 2 is 1.83 bits per heavy atom. The van der Waals surface area contributed by atoms with Gasteiger partial charge in [-0.15, -0.1) is 8.19 Å². The molecule has 1 aromatic rings. The third kappa shape index (κ3) is 1.39. The minimum atomic E-state index is 0.0713. The summed E-state index contributed by atoms with van der Waals surface area (Å²) in [4.78, 5) is 11.3. The number of hydrogen-bond donors (Lipinski definition) is 1. The molecule has 1 N–H and O–H groups in total. The normalized spacial score (nSPS) is 10.7. The van der Waals surface area contributed by atoms with E-state index in [1.54, 1.807) is 7.05 Å². The van der Waals surface area contributed by atoms with Crippen LogP contribution < -0.4 is 5.32 Å². The van der Waals surface area contributed by atoms with Gasteiger partial charge in [-0.3, -0.25) is 4.79 Å². The van der Waals surface area contributed by atoms with Gasteiger partial charge in [0.15, 0.2) is 0 Å². The van der Waals surface area contributed by atoms with Gasteiger partial charge < -0.3 is 5.32 Å². The fraction of sp³-hybridized carbons (Fsp3) is 0.444. The van der Waals surface area contributed by atoms with Gasteiger partial charge in [-0.25, -0.2) is 0 Å². The summed E-state index contributed by atoms with van der Waals surface area (Å²) in [6, 6.07) is 0. The first kappa shape index (κ1) is 9.34. The van der Waals surface area contributed by atoms with E-state index in [2.05, 4.69) is 19.2 Å². The zero-order valence-corrected chi connectivity index (χ0v) is 8.91. The van der Waals surface area contributed by atoms with Crippen LogP contribution in [0.1, 0.15) is 26.5 Å². The smallest absolute Gasteiger partial charge is 0.255 e.